The summed E-state index contributed by atoms with van der Waals surface area (Å²) in [6, 6.07) is 11.4. The van der Waals surface area contributed by atoms with Crippen molar-refractivity contribution in [2.24, 2.45) is 0 Å². The maximum Gasteiger partial charge on any atom is 0.337 e. The Kier molecular flexibility index (Phi) is 8.33. The molecular weight excluding hydrogens is 464 g/mol. The Morgan fingerprint density at radius 2 is 1.71 bits per heavy atom. The van der Waals surface area contributed by atoms with Crippen LogP contribution in [0.3, 0.4) is 0 Å². The molecule has 0 amide bonds. The lowest BCUT2D eigenvalue weighted by Crippen LogP contribution is -2.50. The molecule has 35 heavy (non-hydrogen) atoms. The van der Waals surface area contributed by atoms with Crippen molar-refractivity contribution >= 4 is 23.3 Å². The summed E-state index contributed by atoms with van der Waals surface area (Å²) in [6.07, 6.45) is 6.95. The van der Waals surface area contributed by atoms with Crippen molar-refractivity contribution in [1.29, 1.82) is 0 Å². The Hall–Kier alpha value is -3.00. The van der Waals surface area contributed by atoms with Gasteiger partial charge in [-0.3, -0.25) is 0 Å². The van der Waals surface area contributed by atoms with Crippen LogP contribution >= 0.6 is 12.2 Å². The summed E-state index contributed by atoms with van der Waals surface area (Å²) in [5.74, 6) is 1.72. The quantitative estimate of drug-likeness (QED) is 0.436. The van der Waals surface area contributed by atoms with E-state index in [0.717, 1.165) is 42.2 Å². The van der Waals surface area contributed by atoms with Gasteiger partial charge in [-0.1, -0.05) is 19.3 Å². The molecule has 2 aliphatic rings. The van der Waals surface area contributed by atoms with Gasteiger partial charge in [-0.15, -0.1) is 0 Å². The monoisotopic (exact) mass is 498 g/mol. The number of hydrogen-bond acceptors (Lipinski definition) is 6. The Morgan fingerprint density at radius 3 is 2.37 bits per heavy atom. The first-order chi connectivity index (χ1) is 17.0. The van der Waals surface area contributed by atoms with E-state index in [2.05, 4.69) is 16.3 Å². The molecule has 2 aromatic rings. The largest absolute Gasteiger partial charge is 0.493 e. The highest BCUT2D eigenvalue weighted by Gasteiger charge is 2.32. The van der Waals surface area contributed by atoms with Gasteiger partial charge in [-0.25, -0.2) is 4.79 Å². The first-order valence-corrected chi connectivity index (χ1v) is 12.6. The van der Waals surface area contributed by atoms with Crippen molar-refractivity contribution in [1.82, 2.24) is 10.2 Å². The second-order valence-corrected chi connectivity index (χ2v) is 9.36. The van der Waals surface area contributed by atoms with Crippen LogP contribution in [0.4, 0.5) is 0 Å². The number of nitrogens with one attached hydrogen (secondary N) is 1. The third kappa shape index (κ3) is 5.81. The van der Waals surface area contributed by atoms with Gasteiger partial charge in [0.1, 0.15) is 12.4 Å². The number of hydrogen-bond donors (Lipinski definition) is 1. The van der Waals surface area contributed by atoms with Crippen LogP contribution in [-0.4, -0.2) is 56.5 Å². The van der Waals surface area contributed by atoms with Crippen molar-refractivity contribution in [3.8, 4) is 17.2 Å². The van der Waals surface area contributed by atoms with Gasteiger partial charge in [-0.05, 0) is 79.0 Å². The molecule has 1 aliphatic heterocycles. The van der Waals surface area contributed by atoms with Gasteiger partial charge in [0.2, 0.25) is 0 Å². The summed E-state index contributed by atoms with van der Waals surface area (Å²) in [4.78, 5) is 14.0. The Morgan fingerprint density at radius 1 is 1.03 bits per heavy atom. The average Bonchev–Trinajstić information content (AvgIpc) is 2.91. The van der Waals surface area contributed by atoms with E-state index in [1.54, 1.807) is 38.5 Å². The van der Waals surface area contributed by atoms with Gasteiger partial charge in [0, 0.05) is 12.6 Å². The molecule has 0 unspecified atom stereocenters. The van der Waals surface area contributed by atoms with Crippen LogP contribution in [0.5, 0.6) is 17.2 Å². The molecule has 0 radical (unpaired) electrons. The maximum absolute atomic E-state index is 11.7. The Balaban J connectivity index is 1.57. The number of rotatable bonds is 7. The first-order valence-electron chi connectivity index (χ1n) is 12.2. The normalized spacial score (nSPS) is 17.8. The molecule has 1 N–H and O–H groups in total. The smallest absolute Gasteiger partial charge is 0.337 e. The molecule has 4 rings (SSSR count). The third-order valence-corrected chi connectivity index (χ3v) is 7.23. The molecular formula is C27H34N2O5S. The fourth-order valence-electron chi connectivity index (χ4n) is 4.94. The molecule has 0 bridgehead atoms. The van der Waals surface area contributed by atoms with Crippen molar-refractivity contribution in [3.05, 3.63) is 53.1 Å². The molecule has 1 fully saturated rings. The molecule has 0 aromatic heterocycles. The molecule has 1 saturated carbocycles. The third-order valence-electron chi connectivity index (χ3n) is 6.88. The zero-order valence-electron chi connectivity index (χ0n) is 20.7. The second-order valence-electron chi connectivity index (χ2n) is 8.98. The lowest BCUT2D eigenvalue weighted by molar-refractivity contribution is 0.0600. The molecule has 1 heterocycles. The minimum atomic E-state index is -0.371. The van der Waals surface area contributed by atoms with Crippen molar-refractivity contribution in [2.75, 3.05) is 34.5 Å². The summed E-state index contributed by atoms with van der Waals surface area (Å²) in [5, 5.41) is 4.39. The van der Waals surface area contributed by atoms with Crippen LogP contribution in [0, 0.1) is 0 Å². The van der Waals surface area contributed by atoms with Crippen LogP contribution in [0.25, 0.3) is 0 Å². The van der Waals surface area contributed by atoms with Crippen molar-refractivity contribution < 1.29 is 23.7 Å². The maximum atomic E-state index is 11.7. The Bertz CT molecular complexity index is 1040. The van der Waals surface area contributed by atoms with Crippen LogP contribution in [0.2, 0.25) is 0 Å². The predicted octanol–water partition coefficient (Wildman–Crippen LogP) is 4.68. The SMILES string of the molecule is COC(=O)c1ccc(OC[C@@H]2c3cc(OC)c(OC)cc3CCN2C(=S)NC2CCCCC2)cc1. The number of fused-ring (bicyclic) bond motifs is 1. The number of carbonyl (C=O) groups excluding carboxylic acids is 1. The lowest BCUT2D eigenvalue weighted by atomic mass is 9.92. The van der Waals surface area contributed by atoms with Gasteiger partial charge >= 0.3 is 5.97 Å². The van der Waals surface area contributed by atoms with E-state index < -0.39 is 0 Å². The number of nitrogens with zero attached hydrogens (tertiary/aromatic N) is 1. The first kappa shape index (κ1) is 25.1. The predicted molar refractivity (Wildman–Crippen MR) is 139 cm³/mol. The van der Waals surface area contributed by atoms with Crippen LogP contribution in [0.1, 0.15) is 59.6 Å². The topological polar surface area (TPSA) is 69.3 Å². The van der Waals surface area contributed by atoms with Crippen LogP contribution in [-0.2, 0) is 11.2 Å². The van der Waals surface area contributed by atoms with E-state index >= 15 is 0 Å². The molecule has 188 valence electrons. The van der Waals surface area contributed by atoms with E-state index in [0.29, 0.717) is 29.7 Å². The second kappa shape index (κ2) is 11.6. The van der Waals surface area contributed by atoms with Gasteiger partial charge < -0.3 is 29.2 Å². The number of esters is 1. The summed E-state index contributed by atoms with van der Waals surface area (Å²) in [5.41, 5.74) is 2.81. The van der Waals surface area contributed by atoms with Gasteiger partial charge in [0.15, 0.2) is 16.6 Å². The number of thiocarbonyl (C=S) groups is 1. The van der Waals surface area contributed by atoms with Crippen molar-refractivity contribution in [2.45, 2.75) is 50.6 Å². The molecule has 8 heteroatoms. The van der Waals surface area contributed by atoms with Crippen LogP contribution < -0.4 is 19.5 Å². The highest BCUT2D eigenvalue weighted by molar-refractivity contribution is 7.80. The van der Waals surface area contributed by atoms with E-state index in [4.69, 9.17) is 31.2 Å². The van der Waals surface area contributed by atoms with Gasteiger partial charge in [0.25, 0.3) is 0 Å². The number of carbonyl (C=O) groups is 1. The summed E-state index contributed by atoms with van der Waals surface area (Å²) in [7, 11) is 4.67. The lowest BCUT2D eigenvalue weighted by Gasteiger charge is -2.40. The molecule has 7 nitrogen and oxygen atoms in total. The zero-order chi connectivity index (χ0) is 24.8. The summed E-state index contributed by atoms with van der Waals surface area (Å²) >= 11 is 5.91. The molecule has 1 atom stereocenters. The molecule has 0 spiro atoms. The van der Waals surface area contributed by atoms with E-state index in [1.807, 2.05) is 6.07 Å². The molecule has 2 aromatic carbocycles. The van der Waals surface area contributed by atoms with Gasteiger partial charge in [0.05, 0.1) is 32.9 Å². The van der Waals surface area contributed by atoms with Crippen LogP contribution in [0.15, 0.2) is 36.4 Å². The summed E-state index contributed by atoms with van der Waals surface area (Å²) < 4.78 is 22.1. The van der Waals surface area contributed by atoms with Gasteiger partial charge in [-0.2, -0.15) is 0 Å². The number of methoxy groups -OCH3 is 3. The molecule has 0 saturated heterocycles. The zero-order valence-corrected chi connectivity index (χ0v) is 21.5. The fraction of sp³-hybridized carbons (Fsp3) is 0.481. The standard InChI is InChI=1S/C27H34N2O5S/c1-31-24-15-19-13-14-29(27(35)28-20-7-5-4-6-8-20)23(22(19)16-25(24)32-2)17-34-21-11-9-18(10-12-21)26(30)33-3/h9-12,15-16,20,23H,4-8,13-14,17H2,1-3H3,(H,28,35)/t23-/m1/s1. The minimum Gasteiger partial charge on any atom is -0.493 e. The number of benzene rings is 2. The highest BCUT2D eigenvalue weighted by atomic mass is 32.1. The highest BCUT2D eigenvalue weighted by Crippen LogP contribution is 2.38. The van der Waals surface area contributed by atoms with E-state index in [9.17, 15) is 4.79 Å². The minimum absolute atomic E-state index is 0.0950. The fourth-order valence-corrected chi connectivity index (χ4v) is 5.32. The van der Waals surface area contributed by atoms with E-state index in [1.165, 1.54) is 31.9 Å². The van der Waals surface area contributed by atoms with Crippen molar-refractivity contribution in [3.63, 3.8) is 0 Å². The Labute approximate surface area is 212 Å². The number of ether oxygens (including phenoxy) is 4. The molecule has 1 aliphatic carbocycles. The van der Waals surface area contributed by atoms with E-state index in [-0.39, 0.29) is 12.0 Å². The summed E-state index contributed by atoms with van der Waals surface area (Å²) in [6.45, 7) is 1.18. The average molecular weight is 499 g/mol.